The predicted molar refractivity (Wildman–Crippen MR) is 106 cm³/mol. The fraction of sp³-hybridized carbons (Fsp3) is 0.111. The predicted octanol–water partition coefficient (Wildman–Crippen LogP) is 2.81. The molecule has 0 fully saturated rings. The van der Waals surface area contributed by atoms with Gasteiger partial charge in [0.25, 0.3) is 11.8 Å². The minimum Gasteiger partial charge on any atom is -0.335 e. The Labute approximate surface area is 167 Å². The molecule has 0 atom stereocenters. The van der Waals surface area contributed by atoms with Crippen molar-refractivity contribution in [2.75, 3.05) is 18.1 Å². The van der Waals surface area contributed by atoms with Crippen molar-refractivity contribution in [3.8, 4) is 11.4 Å². The highest BCUT2D eigenvalue weighted by atomic mass is 79.9. The Morgan fingerprint density at radius 1 is 0.926 bits per heavy atom. The summed E-state index contributed by atoms with van der Waals surface area (Å²) in [5.41, 5.74) is 1.73. The lowest BCUT2D eigenvalue weighted by molar-refractivity contribution is 0.0664. The number of carbonyl (C=O) groups is 2. The van der Waals surface area contributed by atoms with Crippen LogP contribution >= 0.6 is 27.7 Å². The van der Waals surface area contributed by atoms with Crippen molar-refractivity contribution >= 4 is 39.5 Å². The highest BCUT2D eigenvalue weighted by molar-refractivity contribution is 9.10. The van der Waals surface area contributed by atoms with Crippen LogP contribution in [0.3, 0.4) is 0 Å². The zero-order valence-corrected chi connectivity index (χ0v) is 16.4. The molecule has 2 N–H and O–H groups in total. The molecule has 0 saturated carbocycles. The zero-order chi connectivity index (χ0) is 19.0. The van der Waals surface area contributed by atoms with E-state index in [1.165, 1.54) is 21.3 Å². The summed E-state index contributed by atoms with van der Waals surface area (Å²) in [6, 6.07) is 14.4. The van der Waals surface area contributed by atoms with E-state index in [0.29, 0.717) is 27.9 Å². The number of carbonyl (C=O) groups excluding carboxylic acids is 2. The van der Waals surface area contributed by atoms with Crippen LogP contribution in [0.5, 0.6) is 0 Å². The summed E-state index contributed by atoms with van der Waals surface area (Å²) in [5.74, 6) is 6.60. The van der Waals surface area contributed by atoms with E-state index in [4.69, 9.17) is 5.84 Å². The Bertz CT molecular complexity index is 1020. The molecule has 0 saturated heterocycles. The number of benzene rings is 2. The molecule has 7 nitrogen and oxygen atoms in total. The third-order valence-corrected chi connectivity index (χ3v) is 5.82. The molecule has 3 aromatic rings. The molecule has 0 bridgehead atoms. The topological polar surface area (TPSA) is 94.1 Å². The molecule has 0 spiro atoms. The van der Waals surface area contributed by atoms with E-state index in [0.717, 1.165) is 10.0 Å². The number of fused-ring (bicyclic) bond motifs is 1. The van der Waals surface area contributed by atoms with Gasteiger partial charge in [0.05, 0.1) is 11.1 Å². The van der Waals surface area contributed by atoms with E-state index in [1.807, 2.05) is 24.3 Å². The maximum absolute atomic E-state index is 12.4. The lowest BCUT2D eigenvalue weighted by Crippen LogP contribution is -2.32. The van der Waals surface area contributed by atoms with Crippen LogP contribution in [0.2, 0.25) is 0 Å². The van der Waals surface area contributed by atoms with Crippen molar-refractivity contribution in [2.24, 2.45) is 0 Å². The van der Waals surface area contributed by atoms with E-state index in [-0.39, 0.29) is 18.4 Å². The van der Waals surface area contributed by atoms with Crippen molar-refractivity contribution in [1.82, 2.24) is 19.8 Å². The molecule has 136 valence electrons. The zero-order valence-electron chi connectivity index (χ0n) is 14.0. The number of halogens is 1. The van der Waals surface area contributed by atoms with Gasteiger partial charge in [-0.3, -0.25) is 14.5 Å². The monoisotopic (exact) mass is 443 g/mol. The van der Waals surface area contributed by atoms with Crippen molar-refractivity contribution in [3.05, 3.63) is 64.1 Å². The van der Waals surface area contributed by atoms with Gasteiger partial charge in [-0.2, -0.15) is 0 Å². The molecule has 0 unspecified atom stereocenters. The molecule has 9 heteroatoms. The molecule has 1 aliphatic heterocycles. The summed E-state index contributed by atoms with van der Waals surface area (Å²) < 4.78 is 2.28. The van der Waals surface area contributed by atoms with Gasteiger partial charge in [0.1, 0.15) is 0 Å². The average Bonchev–Trinajstić information content (AvgIpc) is 3.15. The summed E-state index contributed by atoms with van der Waals surface area (Å²) in [7, 11) is 0. The molecule has 2 amide bonds. The van der Waals surface area contributed by atoms with Crippen LogP contribution in [-0.2, 0) is 0 Å². The van der Waals surface area contributed by atoms with E-state index in [2.05, 4.69) is 26.1 Å². The normalized spacial score (nSPS) is 13.3. The first kappa shape index (κ1) is 17.7. The Morgan fingerprint density at radius 3 is 2.15 bits per heavy atom. The van der Waals surface area contributed by atoms with Crippen molar-refractivity contribution in [3.63, 3.8) is 0 Å². The molecule has 1 aliphatic rings. The maximum Gasteiger partial charge on any atom is 0.261 e. The number of nitrogens with zero attached hydrogens (tertiary/aromatic N) is 4. The van der Waals surface area contributed by atoms with Gasteiger partial charge in [-0.05, 0) is 24.3 Å². The minimum atomic E-state index is -0.265. The molecule has 0 aliphatic carbocycles. The van der Waals surface area contributed by atoms with Gasteiger partial charge in [0, 0.05) is 22.3 Å². The van der Waals surface area contributed by atoms with Crippen molar-refractivity contribution in [2.45, 2.75) is 5.16 Å². The van der Waals surface area contributed by atoms with Crippen LogP contribution < -0.4 is 5.84 Å². The average molecular weight is 444 g/mol. The summed E-state index contributed by atoms with van der Waals surface area (Å²) in [6.45, 7) is 0.272. The molecule has 2 heterocycles. The largest absolute Gasteiger partial charge is 0.335 e. The van der Waals surface area contributed by atoms with Crippen LogP contribution in [0, 0.1) is 0 Å². The third-order valence-electron chi connectivity index (χ3n) is 4.20. The quantitative estimate of drug-likeness (QED) is 0.370. The Balaban J connectivity index is 1.45. The number of hydrogen-bond donors (Lipinski definition) is 1. The first-order chi connectivity index (χ1) is 13.1. The van der Waals surface area contributed by atoms with Crippen LogP contribution in [0.4, 0.5) is 0 Å². The Morgan fingerprint density at radius 2 is 1.52 bits per heavy atom. The van der Waals surface area contributed by atoms with Gasteiger partial charge in [0.2, 0.25) is 5.16 Å². The van der Waals surface area contributed by atoms with E-state index in [9.17, 15) is 9.59 Å². The number of rotatable bonds is 5. The first-order valence-corrected chi connectivity index (χ1v) is 9.89. The van der Waals surface area contributed by atoms with E-state index < -0.39 is 0 Å². The lowest BCUT2D eigenvalue weighted by atomic mass is 10.1. The highest BCUT2D eigenvalue weighted by Gasteiger charge is 2.34. The lowest BCUT2D eigenvalue weighted by Gasteiger charge is -2.13. The maximum atomic E-state index is 12.4. The molecule has 0 radical (unpaired) electrons. The highest BCUT2D eigenvalue weighted by Crippen LogP contribution is 2.28. The van der Waals surface area contributed by atoms with Crippen molar-refractivity contribution in [1.29, 1.82) is 0 Å². The molecule has 1 aromatic heterocycles. The fourth-order valence-electron chi connectivity index (χ4n) is 2.87. The molecule has 27 heavy (non-hydrogen) atoms. The molecule has 4 rings (SSSR count). The van der Waals surface area contributed by atoms with Crippen LogP contribution in [-0.4, -0.2) is 43.9 Å². The van der Waals surface area contributed by atoms with Crippen LogP contribution in [0.15, 0.2) is 58.2 Å². The Hall–Kier alpha value is -2.65. The Kier molecular flexibility index (Phi) is 4.71. The third kappa shape index (κ3) is 3.13. The van der Waals surface area contributed by atoms with Gasteiger partial charge in [-0.1, -0.05) is 52.0 Å². The number of nitrogen functional groups attached to an aromatic ring is 1. The van der Waals surface area contributed by atoms with Gasteiger partial charge in [0.15, 0.2) is 5.82 Å². The number of hydrogen-bond acceptors (Lipinski definition) is 6. The van der Waals surface area contributed by atoms with Gasteiger partial charge >= 0.3 is 0 Å². The molecular weight excluding hydrogens is 430 g/mol. The second-order valence-electron chi connectivity index (χ2n) is 5.81. The van der Waals surface area contributed by atoms with Crippen molar-refractivity contribution < 1.29 is 9.59 Å². The fourth-order valence-corrected chi connectivity index (χ4v) is 4.11. The summed E-state index contributed by atoms with van der Waals surface area (Å²) in [5, 5.41) is 8.78. The van der Waals surface area contributed by atoms with Gasteiger partial charge in [-0.15, -0.1) is 10.2 Å². The standard InChI is InChI=1S/C18H14BrN5O2S/c19-14-8-4-3-7-13(14)15-21-22-18(24(15)20)27-10-9-23-16(25)11-5-1-2-6-12(11)17(23)26/h1-8H,9-10,20H2. The number of aromatic nitrogens is 3. The number of nitrogens with two attached hydrogens (primary N) is 1. The second kappa shape index (κ2) is 7.16. The first-order valence-electron chi connectivity index (χ1n) is 8.11. The van der Waals surface area contributed by atoms with E-state index in [1.54, 1.807) is 24.3 Å². The smallest absolute Gasteiger partial charge is 0.261 e. The summed E-state index contributed by atoms with van der Waals surface area (Å²) in [6.07, 6.45) is 0. The van der Waals surface area contributed by atoms with Crippen LogP contribution in [0.1, 0.15) is 20.7 Å². The number of thioether (sulfide) groups is 1. The van der Waals surface area contributed by atoms with Gasteiger partial charge in [-0.25, -0.2) is 4.68 Å². The SMILES string of the molecule is Nn1c(SCCN2C(=O)c3ccccc3C2=O)nnc1-c1ccccc1Br. The molecule has 2 aromatic carbocycles. The van der Waals surface area contributed by atoms with Gasteiger partial charge < -0.3 is 5.84 Å². The van der Waals surface area contributed by atoms with E-state index >= 15 is 0 Å². The number of imide groups is 1. The number of amides is 2. The second-order valence-corrected chi connectivity index (χ2v) is 7.73. The summed E-state index contributed by atoms with van der Waals surface area (Å²) >= 11 is 4.82. The minimum absolute atomic E-state index is 0.265. The summed E-state index contributed by atoms with van der Waals surface area (Å²) in [4.78, 5) is 26.0. The van der Waals surface area contributed by atoms with Crippen LogP contribution in [0.25, 0.3) is 11.4 Å². The molecular formula is C18H14BrN5O2S.